The van der Waals surface area contributed by atoms with Gasteiger partial charge in [0.05, 0.1) is 22.8 Å². The van der Waals surface area contributed by atoms with Gasteiger partial charge in [0.25, 0.3) is 5.91 Å². The SMILES string of the molecule is Nc1ncnc(C(NC(=O)c2ccc(F)cc2F)C2(N)CCNC2)c1-c1ccc(F)cc1. The summed E-state index contributed by atoms with van der Waals surface area (Å²) in [5, 5.41) is 5.91. The fourth-order valence-electron chi connectivity index (χ4n) is 3.89. The van der Waals surface area contributed by atoms with Crippen LogP contribution in [0.1, 0.15) is 28.5 Å². The molecule has 1 saturated heterocycles. The van der Waals surface area contributed by atoms with Crippen LogP contribution in [-0.4, -0.2) is 34.5 Å². The van der Waals surface area contributed by atoms with E-state index in [4.69, 9.17) is 11.5 Å². The third-order valence-electron chi connectivity index (χ3n) is 5.56. The molecule has 0 aliphatic carbocycles. The lowest BCUT2D eigenvalue weighted by Crippen LogP contribution is -2.54. The quantitative estimate of drug-likeness (QED) is 0.482. The molecule has 3 aromatic rings. The molecular weight excluding hydrogens is 421 g/mol. The second kappa shape index (κ2) is 8.56. The number of aromatic nitrogens is 2. The summed E-state index contributed by atoms with van der Waals surface area (Å²) in [6.07, 6.45) is 1.72. The summed E-state index contributed by atoms with van der Waals surface area (Å²) in [6.45, 7) is 0.941. The molecule has 0 spiro atoms. The number of nitrogen functional groups attached to an aromatic ring is 1. The van der Waals surface area contributed by atoms with E-state index >= 15 is 0 Å². The Balaban J connectivity index is 1.81. The predicted molar refractivity (Wildman–Crippen MR) is 113 cm³/mol. The number of carbonyl (C=O) groups is 1. The highest BCUT2D eigenvalue weighted by molar-refractivity contribution is 5.95. The minimum atomic E-state index is -1.00. The third-order valence-corrected chi connectivity index (χ3v) is 5.56. The van der Waals surface area contributed by atoms with Gasteiger partial charge in [-0.1, -0.05) is 12.1 Å². The lowest BCUT2D eigenvalue weighted by atomic mass is 9.84. The van der Waals surface area contributed by atoms with Crippen LogP contribution in [0.5, 0.6) is 0 Å². The second-order valence-electron chi connectivity index (χ2n) is 7.72. The minimum absolute atomic E-state index is 0.114. The lowest BCUT2D eigenvalue weighted by molar-refractivity contribution is 0.0910. The number of nitrogens with two attached hydrogens (primary N) is 2. The van der Waals surface area contributed by atoms with Gasteiger partial charge in [-0.05, 0) is 42.8 Å². The van der Waals surface area contributed by atoms with Gasteiger partial charge in [-0.15, -0.1) is 0 Å². The predicted octanol–water partition coefficient (Wildman–Crippen LogP) is 2.31. The fraction of sp³-hybridized carbons (Fsp3) is 0.227. The molecule has 0 bridgehead atoms. The molecule has 1 amide bonds. The van der Waals surface area contributed by atoms with Crippen molar-refractivity contribution < 1.29 is 18.0 Å². The van der Waals surface area contributed by atoms with Gasteiger partial charge in [0.2, 0.25) is 0 Å². The summed E-state index contributed by atoms with van der Waals surface area (Å²) < 4.78 is 41.0. The molecule has 2 heterocycles. The first kappa shape index (κ1) is 21.7. The number of hydrogen-bond donors (Lipinski definition) is 4. The topological polar surface area (TPSA) is 119 Å². The van der Waals surface area contributed by atoms with Gasteiger partial charge in [0.1, 0.15) is 29.6 Å². The molecule has 2 aromatic carbocycles. The Hall–Kier alpha value is -3.50. The lowest BCUT2D eigenvalue weighted by Gasteiger charge is -2.34. The Kier molecular flexibility index (Phi) is 5.81. The number of amides is 1. The van der Waals surface area contributed by atoms with E-state index in [0.717, 1.165) is 12.1 Å². The van der Waals surface area contributed by atoms with Crippen molar-refractivity contribution in [2.24, 2.45) is 5.73 Å². The maximum absolute atomic E-state index is 14.2. The van der Waals surface area contributed by atoms with E-state index in [0.29, 0.717) is 42.4 Å². The van der Waals surface area contributed by atoms with E-state index in [1.807, 2.05) is 0 Å². The molecule has 2 atom stereocenters. The number of carbonyl (C=O) groups excluding carboxylic acids is 1. The van der Waals surface area contributed by atoms with Crippen molar-refractivity contribution in [1.29, 1.82) is 0 Å². The molecular formula is C22H21F3N6O. The van der Waals surface area contributed by atoms with Gasteiger partial charge in [-0.25, -0.2) is 23.1 Å². The molecule has 4 rings (SSSR count). The number of halogens is 3. The highest BCUT2D eigenvalue weighted by atomic mass is 19.1. The standard InChI is InChI=1S/C22H21F3N6O/c23-13-3-1-12(2-4-13)17-18(29-11-30-20(17)26)19(22(27)7-8-28-10-22)31-21(32)15-6-5-14(24)9-16(15)25/h1-6,9,11,19,28H,7-8,10,27H2,(H,31,32)(H2,26,29,30). The molecule has 1 fully saturated rings. The second-order valence-corrected chi connectivity index (χ2v) is 7.72. The van der Waals surface area contributed by atoms with Crippen molar-refractivity contribution in [3.8, 4) is 11.1 Å². The summed E-state index contributed by atoms with van der Waals surface area (Å²) in [5.74, 6) is -2.90. The van der Waals surface area contributed by atoms with Crippen LogP contribution in [0.15, 0.2) is 48.8 Å². The van der Waals surface area contributed by atoms with Gasteiger partial charge in [0, 0.05) is 18.2 Å². The molecule has 10 heteroatoms. The van der Waals surface area contributed by atoms with Gasteiger partial charge in [-0.2, -0.15) is 0 Å². The van der Waals surface area contributed by atoms with Crippen LogP contribution in [-0.2, 0) is 0 Å². The van der Waals surface area contributed by atoms with Gasteiger partial charge in [-0.3, -0.25) is 4.79 Å². The van der Waals surface area contributed by atoms with Crippen LogP contribution >= 0.6 is 0 Å². The number of hydrogen-bond acceptors (Lipinski definition) is 6. The van der Waals surface area contributed by atoms with Crippen LogP contribution in [0.4, 0.5) is 19.0 Å². The Labute approximate surface area is 182 Å². The number of nitrogens with one attached hydrogen (secondary N) is 2. The van der Waals surface area contributed by atoms with Crippen LogP contribution in [0.2, 0.25) is 0 Å². The normalized spacial score (nSPS) is 19.0. The van der Waals surface area contributed by atoms with E-state index < -0.39 is 34.9 Å². The first-order valence-electron chi connectivity index (χ1n) is 9.90. The largest absolute Gasteiger partial charge is 0.383 e. The minimum Gasteiger partial charge on any atom is -0.383 e. The maximum atomic E-state index is 14.2. The van der Waals surface area contributed by atoms with Crippen molar-refractivity contribution in [2.45, 2.75) is 18.0 Å². The molecule has 0 radical (unpaired) electrons. The molecule has 166 valence electrons. The van der Waals surface area contributed by atoms with Crippen molar-refractivity contribution in [2.75, 3.05) is 18.8 Å². The van der Waals surface area contributed by atoms with Crippen molar-refractivity contribution in [3.63, 3.8) is 0 Å². The average Bonchev–Trinajstić information content (AvgIpc) is 3.20. The van der Waals surface area contributed by atoms with E-state index in [2.05, 4.69) is 20.6 Å². The molecule has 7 nitrogen and oxygen atoms in total. The highest BCUT2D eigenvalue weighted by Gasteiger charge is 2.42. The number of nitrogens with zero attached hydrogens (tertiary/aromatic N) is 2. The van der Waals surface area contributed by atoms with E-state index in [1.54, 1.807) is 0 Å². The zero-order valence-corrected chi connectivity index (χ0v) is 16.9. The molecule has 1 aliphatic rings. The summed E-state index contributed by atoms with van der Waals surface area (Å²) in [6, 6.07) is 7.35. The monoisotopic (exact) mass is 442 g/mol. The highest BCUT2D eigenvalue weighted by Crippen LogP contribution is 2.37. The van der Waals surface area contributed by atoms with Crippen LogP contribution in [0, 0.1) is 17.5 Å². The Morgan fingerprint density at radius 2 is 1.81 bits per heavy atom. The molecule has 1 aliphatic heterocycles. The summed E-state index contributed by atoms with van der Waals surface area (Å²) >= 11 is 0. The van der Waals surface area contributed by atoms with Gasteiger partial charge in [0.15, 0.2) is 0 Å². The van der Waals surface area contributed by atoms with Crippen molar-refractivity contribution in [1.82, 2.24) is 20.6 Å². The third kappa shape index (κ3) is 4.14. The van der Waals surface area contributed by atoms with Crippen LogP contribution in [0.25, 0.3) is 11.1 Å². The molecule has 6 N–H and O–H groups in total. The first-order chi connectivity index (χ1) is 15.3. The Morgan fingerprint density at radius 1 is 1.09 bits per heavy atom. The summed E-state index contributed by atoms with van der Waals surface area (Å²) in [7, 11) is 0. The summed E-state index contributed by atoms with van der Waals surface area (Å²) in [5.41, 5.74) is 12.7. The Bertz CT molecular complexity index is 1150. The van der Waals surface area contributed by atoms with E-state index in [-0.39, 0.29) is 11.4 Å². The smallest absolute Gasteiger partial charge is 0.254 e. The maximum Gasteiger partial charge on any atom is 0.254 e. The van der Waals surface area contributed by atoms with E-state index in [9.17, 15) is 18.0 Å². The molecule has 1 aromatic heterocycles. The van der Waals surface area contributed by atoms with Crippen LogP contribution in [0.3, 0.4) is 0 Å². The molecule has 0 saturated carbocycles. The first-order valence-corrected chi connectivity index (χ1v) is 9.90. The summed E-state index contributed by atoms with van der Waals surface area (Å²) in [4.78, 5) is 21.3. The van der Waals surface area contributed by atoms with E-state index in [1.165, 1.54) is 30.6 Å². The van der Waals surface area contributed by atoms with Crippen molar-refractivity contribution in [3.05, 3.63) is 77.5 Å². The molecule has 2 unspecified atom stereocenters. The van der Waals surface area contributed by atoms with Gasteiger partial charge >= 0.3 is 0 Å². The van der Waals surface area contributed by atoms with Gasteiger partial charge < -0.3 is 22.1 Å². The number of rotatable bonds is 5. The fourth-order valence-corrected chi connectivity index (χ4v) is 3.89. The Morgan fingerprint density at radius 3 is 2.47 bits per heavy atom. The molecule has 32 heavy (non-hydrogen) atoms. The van der Waals surface area contributed by atoms with Crippen molar-refractivity contribution >= 4 is 11.7 Å². The average molecular weight is 442 g/mol. The zero-order chi connectivity index (χ0) is 22.9. The number of benzene rings is 2. The number of anilines is 1. The zero-order valence-electron chi connectivity index (χ0n) is 16.9. The van der Waals surface area contributed by atoms with Crippen LogP contribution < -0.4 is 22.1 Å².